The number of hydrogen-bond acceptors (Lipinski definition) is 3. The first kappa shape index (κ1) is 17.5. The van der Waals surface area contributed by atoms with Crippen LogP contribution in [0.1, 0.15) is 33.1 Å². The van der Waals surface area contributed by atoms with Crippen molar-refractivity contribution in [1.82, 2.24) is 0 Å². The summed E-state index contributed by atoms with van der Waals surface area (Å²) < 4.78 is 0. The van der Waals surface area contributed by atoms with Gasteiger partial charge in [-0.25, -0.2) is 0 Å². The van der Waals surface area contributed by atoms with E-state index in [1.54, 1.807) is 18.2 Å². The number of benzene rings is 1. The minimum atomic E-state index is -0.104. The molecule has 6 heteroatoms. The fourth-order valence-corrected chi connectivity index (χ4v) is 1.98. The number of nitrogens with one attached hydrogen (secondary N) is 2. The van der Waals surface area contributed by atoms with Crippen molar-refractivity contribution >= 4 is 34.8 Å². The van der Waals surface area contributed by atoms with Crippen molar-refractivity contribution in [2.24, 2.45) is 11.7 Å². The molecule has 0 saturated carbocycles. The van der Waals surface area contributed by atoms with Gasteiger partial charge in [-0.3, -0.25) is 9.59 Å². The van der Waals surface area contributed by atoms with Gasteiger partial charge in [0.2, 0.25) is 11.8 Å². The summed E-state index contributed by atoms with van der Waals surface area (Å²) in [5.41, 5.74) is 6.50. The van der Waals surface area contributed by atoms with Crippen molar-refractivity contribution in [2.45, 2.75) is 33.1 Å². The fraction of sp³-hybridized carbons (Fsp3) is 0.467. The average molecular weight is 312 g/mol. The fourth-order valence-electron chi connectivity index (χ4n) is 1.75. The van der Waals surface area contributed by atoms with Crippen LogP contribution in [0.5, 0.6) is 0 Å². The van der Waals surface area contributed by atoms with E-state index < -0.39 is 0 Å². The number of nitrogens with two attached hydrogens (primary N) is 1. The maximum atomic E-state index is 11.7. The lowest BCUT2D eigenvalue weighted by atomic mass is 10.1. The predicted molar refractivity (Wildman–Crippen MR) is 86.5 cm³/mol. The van der Waals surface area contributed by atoms with Crippen LogP contribution in [0.25, 0.3) is 0 Å². The maximum absolute atomic E-state index is 11.7. The van der Waals surface area contributed by atoms with Crippen LogP contribution in [0.2, 0.25) is 5.02 Å². The maximum Gasteiger partial charge on any atom is 0.224 e. The Morgan fingerprint density at radius 3 is 2.52 bits per heavy atom. The number of rotatable bonds is 7. The van der Waals surface area contributed by atoms with E-state index >= 15 is 0 Å². The third-order valence-electron chi connectivity index (χ3n) is 2.73. The molecule has 0 aromatic heterocycles. The summed E-state index contributed by atoms with van der Waals surface area (Å²) >= 11 is 6.11. The molecule has 1 aromatic rings. The molecule has 0 aliphatic heterocycles. The molecule has 0 bridgehead atoms. The summed E-state index contributed by atoms with van der Waals surface area (Å²) in [5.74, 6) is 0.102. The Labute approximate surface area is 130 Å². The van der Waals surface area contributed by atoms with Gasteiger partial charge in [-0.2, -0.15) is 0 Å². The molecule has 0 aliphatic carbocycles. The van der Waals surface area contributed by atoms with Crippen molar-refractivity contribution in [3.63, 3.8) is 0 Å². The van der Waals surface area contributed by atoms with Crippen molar-refractivity contribution < 1.29 is 9.59 Å². The minimum absolute atomic E-state index is 0.0772. The monoisotopic (exact) mass is 311 g/mol. The van der Waals surface area contributed by atoms with Crippen LogP contribution in [0.4, 0.5) is 11.4 Å². The van der Waals surface area contributed by atoms with Crippen molar-refractivity contribution in [1.29, 1.82) is 0 Å². The molecule has 2 amide bonds. The first-order valence-corrected chi connectivity index (χ1v) is 7.39. The lowest BCUT2D eigenvalue weighted by Gasteiger charge is -2.11. The summed E-state index contributed by atoms with van der Waals surface area (Å²) in [5, 5.41) is 5.89. The SMILES string of the molecule is CC(C)CC(=O)Nc1ccc(NC(=O)CCCN)cc1Cl. The van der Waals surface area contributed by atoms with Crippen LogP contribution >= 0.6 is 11.6 Å². The smallest absolute Gasteiger partial charge is 0.224 e. The molecule has 0 atom stereocenters. The van der Waals surface area contributed by atoms with Gasteiger partial charge in [0, 0.05) is 18.5 Å². The van der Waals surface area contributed by atoms with Crippen molar-refractivity contribution in [3.8, 4) is 0 Å². The van der Waals surface area contributed by atoms with E-state index in [2.05, 4.69) is 10.6 Å². The molecule has 0 spiro atoms. The zero-order chi connectivity index (χ0) is 15.8. The quantitative estimate of drug-likeness (QED) is 0.723. The summed E-state index contributed by atoms with van der Waals surface area (Å²) in [6.45, 7) is 4.43. The number of hydrogen-bond donors (Lipinski definition) is 3. The van der Waals surface area contributed by atoms with Gasteiger partial charge < -0.3 is 16.4 Å². The highest BCUT2D eigenvalue weighted by atomic mass is 35.5. The van der Waals surface area contributed by atoms with E-state index in [9.17, 15) is 9.59 Å². The molecule has 0 fully saturated rings. The van der Waals surface area contributed by atoms with Gasteiger partial charge in [-0.1, -0.05) is 25.4 Å². The molecule has 0 aliphatic rings. The van der Waals surface area contributed by atoms with Crippen LogP contribution in [0.15, 0.2) is 18.2 Å². The number of carbonyl (C=O) groups is 2. The van der Waals surface area contributed by atoms with Crippen LogP contribution in [-0.2, 0) is 9.59 Å². The Bertz CT molecular complexity index is 504. The van der Waals surface area contributed by atoms with E-state index in [0.29, 0.717) is 42.2 Å². The first-order chi connectivity index (χ1) is 9.92. The first-order valence-electron chi connectivity index (χ1n) is 7.01. The number of anilines is 2. The van der Waals surface area contributed by atoms with Crippen molar-refractivity contribution in [3.05, 3.63) is 23.2 Å². The Balaban J connectivity index is 2.63. The summed E-state index contributed by atoms with van der Waals surface area (Å²) in [7, 11) is 0. The molecule has 0 saturated heterocycles. The van der Waals surface area contributed by atoms with E-state index in [1.165, 1.54) is 0 Å². The summed E-state index contributed by atoms with van der Waals surface area (Å²) in [4.78, 5) is 23.3. The third kappa shape index (κ3) is 6.60. The normalized spacial score (nSPS) is 10.5. The Morgan fingerprint density at radius 1 is 1.24 bits per heavy atom. The molecule has 4 N–H and O–H groups in total. The molecule has 0 unspecified atom stereocenters. The summed E-state index contributed by atoms with van der Waals surface area (Å²) in [6, 6.07) is 5.00. The lowest BCUT2D eigenvalue weighted by Crippen LogP contribution is -2.15. The Hall–Kier alpha value is -1.59. The molecule has 1 rings (SSSR count). The molecule has 1 aromatic carbocycles. The molecule has 21 heavy (non-hydrogen) atoms. The molecular weight excluding hydrogens is 290 g/mol. The van der Waals surface area contributed by atoms with Crippen LogP contribution in [0, 0.1) is 5.92 Å². The van der Waals surface area contributed by atoms with Crippen LogP contribution < -0.4 is 16.4 Å². The highest BCUT2D eigenvalue weighted by Gasteiger charge is 2.09. The van der Waals surface area contributed by atoms with Crippen LogP contribution in [0.3, 0.4) is 0 Å². The van der Waals surface area contributed by atoms with Gasteiger partial charge in [0.15, 0.2) is 0 Å². The second-order valence-corrected chi connectivity index (χ2v) is 5.69. The van der Waals surface area contributed by atoms with E-state index in [0.717, 1.165) is 0 Å². The third-order valence-corrected chi connectivity index (χ3v) is 3.04. The predicted octanol–water partition coefficient (Wildman–Crippen LogP) is 3.00. The molecular formula is C15H22ClN3O2. The molecule has 0 radical (unpaired) electrons. The topological polar surface area (TPSA) is 84.2 Å². The number of carbonyl (C=O) groups excluding carboxylic acids is 2. The second kappa shape index (κ2) is 8.64. The van der Waals surface area contributed by atoms with E-state index in [4.69, 9.17) is 17.3 Å². The van der Waals surface area contributed by atoms with E-state index in [1.807, 2.05) is 13.8 Å². The zero-order valence-corrected chi connectivity index (χ0v) is 13.2. The molecule has 116 valence electrons. The minimum Gasteiger partial charge on any atom is -0.330 e. The van der Waals surface area contributed by atoms with Gasteiger partial charge >= 0.3 is 0 Å². The van der Waals surface area contributed by atoms with Gasteiger partial charge in [0.25, 0.3) is 0 Å². The molecule has 0 heterocycles. The number of halogens is 1. The van der Waals surface area contributed by atoms with Gasteiger partial charge in [-0.05, 0) is 37.1 Å². The van der Waals surface area contributed by atoms with E-state index in [-0.39, 0.29) is 17.7 Å². The van der Waals surface area contributed by atoms with Gasteiger partial charge in [-0.15, -0.1) is 0 Å². The van der Waals surface area contributed by atoms with Crippen LogP contribution in [-0.4, -0.2) is 18.4 Å². The standard InChI is InChI=1S/C15H22ClN3O2/c1-10(2)8-15(21)19-13-6-5-11(9-12(13)16)18-14(20)4-3-7-17/h5-6,9-10H,3-4,7-8,17H2,1-2H3,(H,18,20)(H,19,21). The Morgan fingerprint density at radius 2 is 1.95 bits per heavy atom. The number of amides is 2. The largest absolute Gasteiger partial charge is 0.330 e. The Kier molecular flexibility index (Phi) is 7.19. The lowest BCUT2D eigenvalue weighted by molar-refractivity contribution is -0.117. The van der Waals surface area contributed by atoms with Gasteiger partial charge in [0.05, 0.1) is 10.7 Å². The van der Waals surface area contributed by atoms with Crippen molar-refractivity contribution in [2.75, 3.05) is 17.2 Å². The molecule has 5 nitrogen and oxygen atoms in total. The summed E-state index contributed by atoms with van der Waals surface area (Å²) in [6.07, 6.45) is 1.46. The van der Waals surface area contributed by atoms with Gasteiger partial charge in [0.1, 0.15) is 0 Å². The zero-order valence-electron chi connectivity index (χ0n) is 12.4. The second-order valence-electron chi connectivity index (χ2n) is 5.28. The highest BCUT2D eigenvalue weighted by Crippen LogP contribution is 2.26. The highest BCUT2D eigenvalue weighted by molar-refractivity contribution is 6.34. The average Bonchev–Trinajstić information content (AvgIpc) is 2.38.